The van der Waals surface area contributed by atoms with Crippen LogP contribution in [-0.2, 0) is 0 Å². The lowest BCUT2D eigenvalue weighted by Crippen LogP contribution is -2.54. The van der Waals surface area contributed by atoms with Crippen LogP contribution >= 0.6 is 0 Å². The largest absolute Gasteiger partial charge is 0.289 e. The minimum atomic E-state index is -0.139. The lowest BCUT2D eigenvalue weighted by Gasteiger charge is -2.42. The van der Waals surface area contributed by atoms with Gasteiger partial charge in [0.2, 0.25) is 0 Å². The number of hydrogen-bond acceptors (Lipinski definition) is 2. The minimum Gasteiger partial charge on any atom is -0.289 e. The number of rotatable bonds is 0. The molecule has 0 saturated carbocycles. The van der Waals surface area contributed by atoms with Crippen LogP contribution in [0.4, 0.5) is 0 Å². The zero-order valence-electron chi connectivity index (χ0n) is 5.31. The van der Waals surface area contributed by atoms with Gasteiger partial charge in [-0.05, 0) is 20.4 Å². The van der Waals surface area contributed by atoms with Crippen LogP contribution in [0, 0.1) is 11.3 Å². The third kappa shape index (κ3) is 0.517. The van der Waals surface area contributed by atoms with E-state index >= 15 is 0 Å². The maximum atomic E-state index is 8.52. The van der Waals surface area contributed by atoms with Crippen LogP contribution in [0.25, 0.3) is 0 Å². The number of nitrogens with zero attached hydrogens (tertiary/aromatic N) is 2. The van der Waals surface area contributed by atoms with Gasteiger partial charge in [-0.25, -0.2) is 0 Å². The van der Waals surface area contributed by atoms with E-state index in [2.05, 4.69) is 11.0 Å². The van der Waals surface area contributed by atoms with Crippen molar-refractivity contribution in [2.45, 2.75) is 18.9 Å². The van der Waals surface area contributed by atoms with Gasteiger partial charge in [0, 0.05) is 6.54 Å². The molecule has 8 heavy (non-hydrogen) atoms. The van der Waals surface area contributed by atoms with Crippen molar-refractivity contribution < 1.29 is 0 Å². The first kappa shape index (κ1) is 5.58. The summed E-state index contributed by atoms with van der Waals surface area (Å²) in [6.45, 7) is 3.04. The summed E-state index contributed by atoms with van der Waals surface area (Å²) in [7, 11) is 1.98. The van der Waals surface area contributed by atoms with Gasteiger partial charge in [0.05, 0.1) is 6.07 Å². The number of likely N-dealkylation sites (tertiary alicyclic amines) is 1. The molecular formula is C6H10N2. The molecule has 0 N–H and O–H groups in total. The summed E-state index contributed by atoms with van der Waals surface area (Å²) in [5, 5.41) is 8.52. The van der Waals surface area contributed by atoms with Gasteiger partial charge in [-0.3, -0.25) is 4.90 Å². The molecule has 2 heteroatoms. The summed E-state index contributed by atoms with van der Waals surface area (Å²) in [6, 6.07) is 2.25. The zero-order valence-corrected chi connectivity index (χ0v) is 5.31. The van der Waals surface area contributed by atoms with Gasteiger partial charge in [-0.2, -0.15) is 5.26 Å². The van der Waals surface area contributed by atoms with E-state index in [1.807, 2.05) is 14.0 Å². The van der Waals surface area contributed by atoms with E-state index in [0.717, 1.165) is 13.0 Å². The predicted octanol–water partition coefficient (Wildman–Crippen LogP) is 0.604. The molecule has 1 rings (SSSR count). The minimum absolute atomic E-state index is 0.139. The van der Waals surface area contributed by atoms with Crippen molar-refractivity contribution in [1.82, 2.24) is 4.90 Å². The molecule has 0 amide bonds. The molecule has 1 aliphatic rings. The van der Waals surface area contributed by atoms with Gasteiger partial charge in [0.15, 0.2) is 0 Å². The Morgan fingerprint density at radius 1 is 1.75 bits per heavy atom. The summed E-state index contributed by atoms with van der Waals surface area (Å²) in [6.07, 6.45) is 1.03. The van der Waals surface area contributed by atoms with Gasteiger partial charge in [0.25, 0.3) is 0 Å². The second kappa shape index (κ2) is 1.46. The molecule has 0 aromatic heterocycles. The maximum Gasteiger partial charge on any atom is 0.107 e. The van der Waals surface area contributed by atoms with E-state index in [-0.39, 0.29) is 5.54 Å². The molecule has 1 aliphatic heterocycles. The Labute approximate surface area is 49.7 Å². The molecule has 1 saturated heterocycles. The molecule has 1 atom stereocenters. The van der Waals surface area contributed by atoms with Crippen molar-refractivity contribution in [3.8, 4) is 6.07 Å². The Morgan fingerprint density at radius 3 is 2.38 bits per heavy atom. The first-order valence-corrected chi connectivity index (χ1v) is 2.81. The molecular weight excluding hydrogens is 100 g/mol. The van der Waals surface area contributed by atoms with Crippen molar-refractivity contribution >= 4 is 0 Å². The van der Waals surface area contributed by atoms with Crippen molar-refractivity contribution in [3.05, 3.63) is 0 Å². The Kier molecular flexibility index (Phi) is 1.02. The SMILES string of the molecule is CN1CCC1(C)C#N. The van der Waals surface area contributed by atoms with Crippen LogP contribution in [0.1, 0.15) is 13.3 Å². The van der Waals surface area contributed by atoms with Gasteiger partial charge in [-0.1, -0.05) is 0 Å². The van der Waals surface area contributed by atoms with Crippen LogP contribution in [0.15, 0.2) is 0 Å². The summed E-state index contributed by atoms with van der Waals surface area (Å²) < 4.78 is 0. The number of nitriles is 1. The monoisotopic (exact) mass is 110 g/mol. The third-order valence-corrected chi connectivity index (χ3v) is 2.02. The average Bonchev–Trinajstić information content (AvgIpc) is 1.83. The Bertz CT molecular complexity index is 136. The van der Waals surface area contributed by atoms with Crippen LogP contribution in [0.2, 0.25) is 0 Å². The molecule has 1 unspecified atom stereocenters. The zero-order chi connectivity index (χ0) is 6.20. The predicted molar refractivity (Wildman–Crippen MR) is 31.3 cm³/mol. The van der Waals surface area contributed by atoms with Crippen LogP contribution in [0.3, 0.4) is 0 Å². The average molecular weight is 110 g/mol. The second-order valence-electron chi connectivity index (χ2n) is 2.56. The van der Waals surface area contributed by atoms with Crippen LogP contribution < -0.4 is 0 Å². The summed E-state index contributed by atoms with van der Waals surface area (Å²) in [5.74, 6) is 0. The Hall–Kier alpha value is -0.550. The highest BCUT2D eigenvalue weighted by Crippen LogP contribution is 2.26. The van der Waals surface area contributed by atoms with Crippen molar-refractivity contribution in [1.29, 1.82) is 5.26 Å². The van der Waals surface area contributed by atoms with Crippen LogP contribution in [-0.4, -0.2) is 24.0 Å². The Balaban J connectivity index is 2.59. The van der Waals surface area contributed by atoms with Gasteiger partial charge < -0.3 is 0 Å². The fourth-order valence-corrected chi connectivity index (χ4v) is 0.812. The van der Waals surface area contributed by atoms with Gasteiger partial charge in [-0.15, -0.1) is 0 Å². The molecule has 0 aromatic rings. The Morgan fingerprint density at radius 2 is 2.38 bits per heavy atom. The molecule has 0 aliphatic carbocycles. The topological polar surface area (TPSA) is 27.0 Å². The normalized spacial score (nSPS) is 38.1. The van der Waals surface area contributed by atoms with Crippen molar-refractivity contribution in [2.24, 2.45) is 0 Å². The van der Waals surface area contributed by atoms with Gasteiger partial charge in [0.1, 0.15) is 5.54 Å². The molecule has 1 heterocycles. The molecule has 0 radical (unpaired) electrons. The van der Waals surface area contributed by atoms with E-state index < -0.39 is 0 Å². The van der Waals surface area contributed by atoms with E-state index in [1.54, 1.807) is 0 Å². The van der Waals surface area contributed by atoms with Crippen molar-refractivity contribution in [3.63, 3.8) is 0 Å². The molecule has 0 aromatic carbocycles. The molecule has 0 spiro atoms. The highest BCUT2D eigenvalue weighted by molar-refractivity contribution is 5.10. The first-order valence-electron chi connectivity index (χ1n) is 2.81. The molecule has 1 fully saturated rings. The highest BCUT2D eigenvalue weighted by atomic mass is 15.2. The lowest BCUT2D eigenvalue weighted by atomic mass is 9.89. The van der Waals surface area contributed by atoms with E-state index in [0.29, 0.717) is 0 Å². The molecule has 0 bridgehead atoms. The first-order chi connectivity index (χ1) is 3.69. The fourth-order valence-electron chi connectivity index (χ4n) is 0.812. The van der Waals surface area contributed by atoms with Crippen LogP contribution in [0.5, 0.6) is 0 Å². The third-order valence-electron chi connectivity index (χ3n) is 2.02. The summed E-state index contributed by atoms with van der Waals surface area (Å²) in [5.41, 5.74) is -0.139. The van der Waals surface area contributed by atoms with Gasteiger partial charge >= 0.3 is 0 Å². The maximum absolute atomic E-state index is 8.52. The molecule has 44 valence electrons. The van der Waals surface area contributed by atoms with E-state index in [4.69, 9.17) is 5.26 Å². The highest BCUT2D eigenvalue weighted by Gasteiger charge is 2.37. The summed E-state index contributed by atoms with van der Waals surface area (Å²) >= 11 is 0. The lowest BCUT2D eigenvalue weighted by molar-refractivity contribution is 0.0786. The summed E-state index contributed by atoms with van der Waals surface area (Å²) in [4.78, 5) is 2.06. The second-order valence-corrected chi connectivity index (χ2v) is 2.56. The van der Waals surface area contributed by atoms with Crippen molar-refractivity contribution in [2.75, 3.05) is 13.6 Å². The van der Waals surface area contributed by atoms with E-state index in [9.17, 15) is 0 Å². The number of hydrogen-bond donors (Lipinski definition) is 0. The standard InChI is InChI=1S/C6H10N2/c1-6(5-7)3-4-8(6)2/h3-4H2,1-2H3. The quantitative estimate of drug-likeness (QED) is 0.456. The molecule has 2 nitrogen and oxygen atoms in total. The fraction of sp³-hybridized carbons (Fsp3) is 0.833. The van der Waals surface area contributed by atoms with E-state index in [1.165, 1.54) is 0 Å². The smallest absolute Gasteiger partial charge is 0.107 e.